The van der Waals surface area contributed by atoms with Gasteiger partial charge < -0.3 is 19.2 Å². The van der Waals surface area contributed by atoms with E-state index in [1.807, 2.05) is 6.92 Å². The first-order valence-corrected chi connectivity index (χ1v) is 8.64. The summed E-state index contributed by atoms with van der Waals surface area (Å²) in [6.45, 7) is -0.969. The van der Waals surface area contributed by atoms with Crippen molar-refractivity contribution in [1.29, 1.82) is 0 Å². The first kappa shape index (κ1) is 18.2. The van der Waals surface area contributed by atoms with E-state index in [0.717, 1.165) is 11.3 Å². The van der Waals surface area contributed by atoms with Crippen molar-refractivity contribution < 1.29 is 23.0 Å². The van der Waals surface area contributed by atoms with Crippen molar-refractivity contribution in [3.05, 3.63) is 35.7 Å². The Morgan fingerprint density at radius 1 is 1.19 bits per heavy atom. The summed E-state index contributed by atoms with van der Waals surface area (Å²) in [6.07, 6.45) is 1.73. The van der Waals surface area contributed by atoms with E-state index in [9.17, 15) is 8.78 Å². The van der Waals surface area contributed by atoms with Crippen LogP contribution in [0, 0.1) is 6.92 Å². The number of nitrogens with one attached hydrogen (secondary N) is 1. The number of imidazole rings is 1. The van der Waals surface area contributed by atoms with E-state index in [-0.39, 0.29) is 5.75 Å². The molecule has 0 saturated carbocycles. The highest BCUT2D eigenvalue weighted by Crippen LogP contribution is 2.35. The number of rotatable bonds is 7. The van der Waals surface area contributed by atoms with Crippen molar-refractivity contribution >= 4 is 22.8 Å². The van der Waals surface area contributed by atoms with Gasteiger partial charge in [0.1, 0.15) is 5.75 Å². The molecule has 0 aliphatic rings. The zero-order chi connectivity index (χ0) is 18.7. The molecule has 0 spiro atoms. The van der Waals surface area contributed by atoms with Gasteiger partial charge in [-0.15, -0.1) is 0 Å². The van der Waals surface area contributed by atoms with E-state index in [4.69, 9.17) is 9.47 Å². The molecule has 0 bridgehead atoms. The third-order valence-electron chi connectivity index (χ3n) is 3.65. The average Bonchev–Trinajstić information content (AvgIpc) is 3.01. The summed E-state index contributed by atoms with van der Waals surface area (Å²) in [7, 11) is 3.15. The number of alkyl halides is 2. The lowest BCUT2D eigenvalue weighted by atomic mass is 10.2. The minimum Gasteiger partial charge on any atom is -0.492 e. The summed E-state index contributed by atoms with van der Waals surface area (Å²) in [5, 5.41) is 0.637. The lowest BCUT2D eigenvalue weighted by Crippen LogP contribution is -2.01. The van der Waals surface area contributed by atoms with Gasteiger partial charge in [0, 0.05) is 23.6 Å². The van der Waals surface area contributed by atoms with Crippen LogP contribution < -0.4 is 14.2 Å². The van der Waals surface area contributed by atoms with Gasteiger partial charge in [0.05, 0.1) is 30.9 Å². The third kappa shape index (κ3) is 3.82. The molecular formula is C17H17F2N3O3S. The van der Waals surface area contributed by atoms with E-state index >= 15 is 0 Å². The number of ether oxygens (including phenoxy) is 3. The van der Waals surface area contributed by atoms with Crippen LogP contribution in [0.2, 0.25) is 0 Å². The topological polar surface area (TPSA) is 69.3 Å². The van der Waals surface area contributed by atoms with Gasteiger partial charge in [-0.2, -0.15) is 8.78 Å². The molecule has 26 heavy (non-hydrogen) atoms. The summed E-state index contributed by atoms with van der Waals surface area (Å²) in [5.74, 6) is 1.82. The molecule has 0 fully saturated rings. The fourth-order valence-electron chi connectivity index (χ4n) is 2.52. The second-order valence-electron chi connectivity index (χ2n) is 5.34. The SMILES string of the molecule is COc1c(C)cnc(CSc2nc3ccc(OC(F)F)cc3[nH]2)c1OC. The number of aryl methyl sites for hydroxylation is 1. The molecule has 0 atom stereocenters. The second kappa shape index (κ2) is 7.77. The smallest absolute Gasteiger partial charge is 0.387 e. The summed E-state index contributed by atoms with van der Waals surface area (Å²) in [4.78, 5) is 11.9. The van der Waals surface area contributed by atoms with Gasteiger partial charge in [-0.1, -0.05) is 11.8 Å². The van der Waals surface area contributed by atoms with Gasteiger partial charge in [-0.3, -0.25) is 4.98 Å². The number of thioether (sulfide) groups is 1. The highest BCUT2D eigenvalue weighted by Gasteiger charge is 2.15. The number of benzene rings is 1. The standard InChI is InChI=1S/C17H17F2N3O3S/c1-9-7-20-13(15(24-3)14(9)23-2)8-26-17-21-11-5-4-10(25-16(18)19)6-12(11)22-17/h4-7,16H,8H2,1-3H3,(H,21,22). The molecule has 0 radical (unpaired) electrons. The van der Waals surface area contributed by atoms with Gasteiger partial charge in [0.15, 0.2) is 16.7 Å². The highest BCUT2D eigenvalue weighted by molar-refractivity contribution is 7.98. The maximum Gasteiger partial charge on any atom is 0.387 e. The van der Waals surface area contributed by atoms with E-state index in [1.54, 1.807) is 26.5 Å². The Balaban J connectivity index is 1.80. The number of halogens is 2. The number of H-pyrrole nitrogens is 1. The van der Waals surface area contributed by atoms with Crippen LogP contribution in [0.15, 0.2) is 29.6 Å². The lowest BCUT2D eigenvalue weighted by molar-refractivity contribution is -0.0497. The Labute approximate surface area is 152 Å². The summed E-state index contributed by atoms with van der Waals surface area (Å²) < 4.78 is 39.8. The molecule has 0 aliphatic heterocycles. The molecule has 2 heterocycles. The fraction of sp³-hybridized carbons (Fsp3) is 0.294. The van der Waals surface area contributed by atoms with Crippen molar-refractivity contribution in [2.24, 2.45) is 0 Å². The van der Waals surface area contributed by atoms with Crippen molar-refractivity contribution in [3.8, 4) is 17.2 Å². The summed E-state index contributed by atoms with van der Waals surface area (Å²) in [6, 6.07) is 4.58. The molecule has 138 valence electrons. The molecule has 1 N–H and O–H groups in total. The van der Waals surface area contributed by atoms with E-state index in [2.05, 4.69) is 19.7 Å². The van der Waals surface area contributed by atoms with Crippen LogP contribution >= 0.6 is 11.8 Å². The Morgan fingerprint density at radius 2 is 1.96 bits per heavy atom. The molecule has 3 aromatic rings. The second-order valence-corrected chi connectivity index (χ2v) is 6.31. The van der Waals surface area contributed by atoms with Crippen molar-refractivity contribution in [2.45, 2.75) is 24.4 Å². The normalized spacial score (nSPS) is 11.2. The number of methoxy groups -OCH3 is 2. The summed E-state index contributed by atoms with van der Waals surface area (Å²) in [5.41, 5.74) is 2.89. The Kier molecular flexibility index (Phi) is 5.46. The van der Waals surface area contributed by atoms with Gasteiger partial charge in [-0.05, 0) is 19.1 Å². The average molecular weight is 381 g/mol. The maximum atomic E-state index is 12.3. The third-order valence-corrected chi connectivity index (χ3v) is 4.54. The monoisotopic (exact) mass is 381 g/mol. The first-order valence-electron chi connectivity index (χ1n) is 7.65. The van der Waals surface area contributed by atoms with Gasteiger partial charge in [0.2, 0.25) is 0 Å². The van der Waals surface area contributed by atoms with Crippen LogP contribution in [-0.2, 0) is 5.75 Å². The first-order chi connectivity index (χ1) is 12.5. The number of hydrogen-bond acceptors (Lipinski definition) is 6. The molecular weight excluding hydrogens is 364 g/mol. The van der Waals surface area contributed by atoms with E-state index in [0.29, 0.717) is 33.4 Å². The Morgan fingerprint density at radius 3 is 2.65 bits per heavy atom. The van der Waals surface area contributed by atoms with Crippen molar-refractivity contribution in [3.63, 3.8) is 0 Å². The number of aromatic nitrogens is 3. The van der Waals surface area contributed by atoms with Crippen LogP contribution in [0.3, 0.4) is 0 Å². The number of nitrogens with zero attached hydrogens (tertiary/aromatic N) is 2. The van der Waals surface area contributed by atoms with Crippen LogP contribution in [0.1, 0.15) is 11.3 Å². The van der Waals surface area contributed by atoms with Crippen LogP contribution in [0.4, 0.5) is 8.78 Å². The van der Waals surface area contributed by atoms with Gasteiger partial charge in [0.25, 0.3) is 0 Å². The largest absolute Gasteiger partial charge is 0.492 e. The van der Waals surface area contributed by atoms with Crippen molar-refractivity contribution in [1.82, 2.24) is 15.0 Å². The molecule has 0 saturated heterocycles. The molecule has 0 unspecified atom stereocenters. The number of aromatic amines is 1. The predicted molar refractivity (Wildman–Crippen MR) is 94.4 cm³/mol. The van der Waals surface area contributed by atoms with Gasteiger partial charge in [-0.25, -0.2) is 4.98 Å². The molecule has 2 aromatic heterocycles. The summed E-state index contributed by atoms with van der Waals surface area (Å²) >= 11 is 1.42. The lowest BCUT2D eigenvalue weighted by Gasteiger charge is -2.13. The molecule has 3 rings (SSSR count). The molecule has 1 aromatic carbocycles. The Hall–Kier alpha value is -2.55. The molecule has 6 nitrogen and oxygen atoms in total. The van der Waals surface area contributed by atoms with Crippen LogP contribution in [0.25, 0.3) is 11.0 Å². The van der Waals surface area contributed by atoms with Crippen molar-refractivity contribution in [2.75, 3.05) is 14.2 Å². The minimum absolute atomic E-state index is 0.0827. The number of hydrogen-bond donors (Lipinski definition) is 1. The fourth-order valence-corrected chi connectivity index (χ4v) is 3.34. The van der Waals surface area contributed by atoms with E-state index < -0.39 is 6.61 Å². The zero-order valence-electron chi connectivity index (χ0n) is 14.4. The molecule has 0 amide bonds. The van der Waals surface area contributed by atoms with Crippen LogP contribution in [0.5, 0.6) is 17.2 Å². The predicted octanol–water partition coefficient (Wildman–Crippen LogP) is 4.18. The highest BCUT2D eigenvalue weighted by atomic mass is 32.2. The van der Waals surface area contributed by atoms with Crippen LogP contribution in [-0.4, -0.2) is 35.8 Å². The zero-order valence-corrected chi connectivity index (χ0v) is 15.2. The number of pyridine rings is 1. The van der Waals surface area contributed by atoms with E-state index in [1.165, 1.54) is 23.9 Å². The quantitative estimate of drug-likeness (QED) is 0.619. The Bertz CT molecular complexity index is 918. The minimum atomic E-state index is -2.86. The molecule has 0 aliphatic carbocycles. The van der Waals surface area contributed by atoms with Gasteiger partial charge >= 0.3 is 6.61 Å². The maximum absolute atomic E-state index is 12.3. The molecule has 9 heteroatoms. The number of fused-ring (bicyclic) bond motifs is 1.